The van der Waals surface area contributed by atoms with Crippen LogP contribution in [0.3, 0.4) is 0 Å². The van der Waals surface area contributed by atoms with Gasteiger partial charge >= 0.3 is 0 Å². The van der Waals surface area contributed by atoms with Crippen molar-refractivity contribution < 1.29 is 0 Å². The maximum Gasteiger partial charge on any atom is 0.141 e. The summed E-state index contributed by atoms with van der Waals surface area (Å²) in [6.45, 7) is 2.01. The molecule has 0 atom stereocenters. The molecular formula is C14H12ClN3S2. The quantitative estimate of drug-likeness (QED) is 0.664. The third-order valence-electron chi connectivity index (χ3n) is 3.57. The number of thiazole rings is 1. The van der Waals surface area contributed by atoms with Crippen LogP contribution >= 0.6 is 34.3 Å². The van der Waals surface area contributed by atoms with Gasteiger partial charge in [0.1, 0.15) is 15.8 Å². The van der Waals surface area contributed by atoms with Crippen LogP contribution < -0.4 is 0 Å². The van der Waals surface area contributed by atoms with Crippen LogP contribution in [0.15, 0.2) is 5.38 Å². The van der Waals surface area contributed by atoms with Gasteiger partial charge in [-0.3, -0.25) is 0 Å². The highest BCUT2D eigenvalue weighted by atomic mass is 35.5. The molecule has 3 aromatic heterocycles. The molecular weight excluding hydrogens is 310 g/mol. The molecule has 0 saturated heterocycles. The highest BCUT2D eigenvalue weighted by molar-refractivity contribution is 7.19. The average Bonchev–Trinajstić information content (AvgIpc) is 3.04. The third-order valence-corrected chi connectivity index (χ3v) is 5.85. The van der Waals surface area contributed by atoms with Crippen LogP contribution in [0.1, 0.15) is 33.4 Å². The zero-order chi connectivity index (χ0) is 13.7. The van der Waals surface area contributed by atoms with Crippen molar-refractivity contribution in [2.45, 2.75) is 32.6 Å². The Labute approximate surface area is 129 Å². The fourth-order valence-electron chi connectivity index (χ4n) is 2.72. The lowest BCUT2D eigenvalue weighted by Crippen LogP contribution is -1.98. The minimum Gasteiger partial charge on any atom is -0.246 e. The van der Waals surface area contributed by atoms with Crippen molar-refractivity contribution >= 4 is 44.5 Å². The van der Waals surface area contributed by atoms with Crippen molar-refractivity contribution in [2.24, 2.45) is 0 Å². The Morgan fingerprint density at radius 1 is 1.25 bits per heavy atom. The maximum absolute atomic E-state index is 6.40. The van der Waals surface area contributed by atoms with Crippen LogP contribution in [-0.2, 0) is 19.3 Å². The predicted octanol–water partition coefficient (Wildman–Crippen LogP) is 4.19. The van der Waals surface area contributed by atoms with Gasteiger partial charge in [-0.25, -0.2) is 15.0 Å². The Balaban J connectivity index is 1.78. The fraction of sp³-hybridized carbons (Fsp3) is 0.357. The lowest BCUT2D eigenvalue weighted by molar-refractivity contribution is 0.915. The summed E-state index contributed by atoms with van der Waals surface area (Å²) in [5, 5.41) is 4.83. The molecule has 3 nitrogen and oxygen atoms in total. The van der Waals surface area contributed by atoms with Crippen molar-refractivity contribution in [3.63, 3.8) is 0 Å². The number of halogens is 1. The minimum absolute atomic E-state index is 0.608. The summed E-state index contributed by atoms with van der Waals surface area (Å²) in [6.07, 6.45) is 4.16. The van der Waals surface area contributed by atoms with Crippen molar-refractivity contribution in [1.29, 1.82) is 0 Å². The minimum atomic E-state index is 0.608. The number of fused-ring (bicyclic) bond motifs is 3. The summed E-state index contributed by atoms with van der Waals surface area (Å²) in [6, 6.07) is 0. The van der Waals surface area contributed by atoms with E-state index in [1.54, 1.807) is 22.7 Å². The summed E-state index contributed by atoms with van der Waals surface area (Å²) >= 11 is 9.83. The second-order valence-electron chi connectivity index (χ2n) is 5.00. The van der Waals surface area contributed by atoms with Crippen molar-refractivity contribution in [2.75, 3.05) is 0 Å². The smallest absolute Gasteiger partial charge is 0.141 e. The van der Waals surface area contributed by atoms with Gasteiger partial charge < -0.3 is 0 Å². The van der Waals surface area contributed by atoms with E-state index in [0.717, 1.165) is 39.6 Å². The first kappa shape index (κ1) is 12.7. The number of hydrogen-bond acceptors (Lipinski definition) is 5. The topological polar surface area (TPSA) is 38.7 Å². The number of aromatic nitrogens is 3. The first-order chi connectivity index (χ1) is 9.70. The molecule has 0 aliphatic heterocycles. The molecule has 6 heteroatoms. The number of hydrogen-bond donors (Lipinski definition) is 0. The van der Waals surface area contributed by atoms with Crippen molar-refractivity contribution in [3.8, 4) is 0 Å². The average molecular weight is 322 g/mol. The third kappa shape index (κ3) is 2.05. The molecule has 0 radical (unpaired) electrons. The fourth-order valence-corrected chi connectivity index (χ4v) is 4.97. The molecule has 0 fully saturated rings. The van der Waals surface area contributed by atoms with E-state index in [2.05, 4.69) is 15.3 Å². The molecule has 0 amide bonds. The highest BCUT2D eigenvalue weighted by Crippen LogP contribution is 2.39. The summed E-state index contributed by atoms with van der Waals surface area (Å²) in [5.74, 6) is 0.771. The molecule has 0 N–H and O–H groups in total. The number of nitrogens with zero attached hydrogens (tertiary/aromatic N) is 3. The number of rotatable bonds is 2. The van der Waals surface area contributed by atoms with E-state index in [1.165, 1.54) is 16.9 Å². The van der Waals surface area contributed by atoms with Gasteiger partial charge in [0.15, 0.2) is 0 Å². The van der Waals surface area contributed by atoms with E-state index in [9.17, 15) is 0 Å². The van der Waals surface area contributed by atoms with Crippen LogP contribution in [0.25, 0.3) is 10.2 Å². The summed E-state index contributed by atoms with van der Waals surface area (Å²) < 4.78 is 0. The Hall–Kier alpha value is -1.04. The summed E-state index contributed by atoms with van der Waals surface area (Å²) in [4.78, 5) is 16.1. The van der Waals surface area contributed by atoms with E-state index < -0.39 is 0 Å². The molecule has 1 aliphatic carbocycles. The number of thiophene rings is 1. The highest BCUT2D eigenvalue weighted by Gasteiger charge is 2.21. The Morgan fingerprint density at radius 3 is 2.95 bits per heavy atom. The van der Waals surface area contributed by atoms with Crippen molar-refractivity contribution in [3.05, 3.63) is 37.5 Å². The predicted molar refractivity (Wildman–Crippen MR) is 84.1 cm³/mol. The monoisotopic (exact) mass is 321 g/mol. The van der Waals surface area contributed by atoms with Gasteiger partial charge in [-0.2, -0.15) is 0 Å². The molecule has 20 heavy (non-hydrogen) atoms. The van der Waals surface area contributed by atoms with Gasteiger partial charge in [0.2, 0.25) is 0 Å². The van der Waals surface area contributed by atoms with Gasteiger partial charge in [-0.15, -0.1) is 22.7 Å². The summed E-state index contributed by atoms with van der Waals surface area (Å²) in [7, 11) is 0. The van der Waals surface area contributed by atoms with Gasteiger partial charge in [0.25, 0.3) is 0 Å². The molecule has 1 aliphatic rings. The maximum atomic E-state index is 6.40. The molecule has 0 bridgehead atoms. The van der Waals surface area contributed by atoms with E-state index in [4.69, 9.17) is 16.6 Å². The Bertz CT molecular complexity index is 806. The van der Waals surface area contributed by atoms with E-state index >= 15 is 0 Å². The van der Waals surface area contributed by atoms with Gasteiger partial charge in [0.05, 0.1) is 22.5 Å². The van der Waals surface area contributed by atoms with Gasteiger partial charge in [-0.1, -0.05) is 11.6 Å². The molecule has 0 saturated carbocycles. The molecule has 4 rings (SSSR count). The van der Waals surface area contributed by atoms with E-state index in [0.29, 0.717) is 11.6 Å². The Kier molecular flexibility index (Phi) is 3.02. The Morgan fingerprint density at radius 2 is 2.15 bits per heavy atom. The molecule has 3 aromatic rings. The number of aryl methyl sites for hydroxylation is 3. The molecule has 102 valence electrons. The van der Waals surface area contributed by atoms with E-state index in [1.807, 2.05) is 6.92 Å². The lowest BCUT2D eigenvalue weighted by Gasteiger charge is -2.01. The van der Waals surface area contributed by atoms with Crippen LogP contribution in [0.5, 0.6) is 0 Å². The van der Waals surface area contributed by atoms with Gasteiger partial charge in [-0.05, 0) is 31.7 Å². The van der Waals surface area contributed by atoms with E-state index in [-0.39, 0.29) is 0 Å². The van der Waals surface area contributed by atoms with Crippen LogP contribution in [-0.4, -0.2) is 15.0 Å². The van der Waals surface area contributed by atoms with Crippen LogP contribution in [0.2, 0.25) is 5.15 Å². The van der Waals surface area contributed by atoms with Gasteiger partial charge in [0, 0.05) is 10.3 Å². The standard InChI is InChI=1S/C14H12ClN3S2/c1-7-16-8(6-19-7)5-11-17-13(15)12-9-3-2-4-10(9)20-14(12)18-11/h6H,2-5H2,1H3. The first-order valence-electron chi connectivity index (χ1n) is 6.58. The van der Waals surface area contributed by atoms with Crippen LogP contribution in [0, 0.1) is 6.92 Å². The molecule has 0 spiro atoms. The largest absolute Gasteiger partial charge is 0.246 e. The summed E-state index contributed by atoms with van der Waals surface area (Å²) in [5.41, 5.74) is 2.40. The second kappa shape index (κ2) is 4.76. The van der Waals surface area contributed by atoms with Crippen molar-refractivity contribution in [1.82, 2.24) is 15.0 Å². The molecule has 3 heterocycles. The zero-order valence-corrected chi connectivity index (χ0v) is 13.3. The molecule has 0 unspecified atom stereocenters. The normalized spacial score (nSPS) is 14.1. The second-order valence-corrected chi connectivity index (χ2v) is 7.51. The van der Waals surface area contributed by atoms with Crippen LogP contribution in [0.4, 0.5) is 0 Å². The lowest BCUT2D eigenvalue weighted by atomic mass is 10.2. The molecule has 0 aromatic carbocycles. The first-order valence-corrected chi connectivity index (χ1v) is 8.66. The zero-order valence-electron chi connectivity index (χ0n) is 10.9. The SMILES string of the molecule is Cc1nc(Cc2nc(Cl)c3c4c(sc3n2)CCC4)cs1.